The maximum absolute atomic E-state index is 13.6. The highest BCUT2D eigenvalue weighted by Gasteiger charge is 2.29. The second-order valence-electron chi connectivity index (χ2n) is 11.0. The summed E-state index contributed by atoms with van der Waals surface area (Å²) in [4.78, 5) is 31.1. The molecule has 0 radical (unpaired) electrons. The highest BCUT2D eigenvalue weighted by Crippen LogP contribution is 2.38. The predicted octanol–water partition coefficient (Wildman–Crippen LogP) is 5.70. The van der Waals surface area contributed by atoms with Crippen molar-refractivity contribution in [3.8, 4) is 23.1 Å². The molecule has 1 amide bonds. The number of aromatic nitrogens is 2. The third-order valence-corrected chi connectivity index (χ3v) is 9.01. The number of aliphatic imine (C=N–C) groups is 1. The molecule has 0 spiro atoms. The molecule has 230 valence electrons. The number of nitrogens with zero attached hydrogens (tertiary/aromatic N) is 6. The van der Waals surface area contributed by atoms with E-state index in [4.69, 9.17) is 10.00 Å². The Hall–Kier alpha value is -4.79. The molecule has 2 aliphatic heterocycles. The van der Waals surface area contributed by atoms with Crippen LogP contribution in [0.25, 0.3) is 11.1 Å². The summed E-state index contributed by atoms with van der Waals surface area (Å²) >= 11 is 1.33. The first-order valence-corrected chi connectivity index (χ1v) is 16.2. The zero-order valence-electron chi connectivity index (χ0n) is 25.1. The number of piperidine rings is 1. The Bertz CT molecular complexity index is 1680. The molecule has 10 nitrogen and oxygen atoms in total. The van der Waals surface area contributed by atoms with Crippen LogP contribution in [0.5, 0.6) is 5.75 Å². The van der Waals surface area contributed by atoms with E-state index in [1.165, 1.54) is 43.7 Å². The van der Waals surface area contributed by atoms with Gasteiger partial charge in [-0.1, -0.05) is 30.7 Å². The maximum Gasteiger partial charge on any atom is 0.287 e. The average Bonchev–Trinajstić information content (AvgIpc) is 3.74. The second-order valence-corrected chi connectivity index (χ2v) is 12.2. The molecule has 2 aromatic heterocycles. The van der Waals surface area contributed by atoms with E-state index in [-0.39, 0.29) is 5.91 Å². The molecule has 0 aliphatic carbocycles. The van der Waals surface area contributed by atoms with Crippen molar-refractivity contribution in [1.82, 2.24) is 20.2 Å². The third-order valence-electron chi connectivity index (χ3n) is 8.03. The Kier molecular flexibility index (Phi) is 9.94. The van der Waals surface area contributed by atoms with E-state index in [1.54, 1.807) is 36.9 Å². The Morgan fingerprint density at radius 2 is 1.91 bits per heavy atom. The number of nitriles is 1. The molecule has 4 aromatic rings. The minimum absolute atomic E-state index is 0.117. The molecule has 2 aliphatic rings. The molecule has 1 fully saturated rings. The van der Waals surface area contributed by atoms with Gasteiger partial charge in [-0.15, -0.1) is 16.3 Å². The quantitative estimate of drug-likeness (QED) is 0.100. The number of benzene rings is 2. The first-order valence-electron chi connectivity index (χ1n) is 15.4. The smallest absolute Gasteiger partial charge is 0.287 e. The van der Waals surface area contributed by atoms with E-state index < -0.39 is 0 Å². The van der Waals surface area contributed by atoms with Crippen LogP contribution in [0.15, 0.2) is 78.2 Å². The molecule has 2 aromatic carbocycles. The standard InChI is InChI=1S/C34H36N8O2S/c35-24-39-34(40-26-11-14-36-15-12-26)38-23-28-22-37-32(45-28)33(43)42-19-13-30-29(9-5-10-31(30)42)25-7-4-8-27(21-25)44-20-6-18-41-16-2-1-3-17-41/h4-5,7-12,14-15,21-22H,1-3,6,13,16-20,23H2,(H2,36,38,39,40). The Morgan fingerprint density at radius 3 is 2.76 bits per heavy atom. The number of hydrogen-bond donors (Lipinski definition) is 2. The number of thiazole rings is 1. The summed E-state index contributed by atoms with van der Waals surface area (Å²) in [5.74, 6) is 1.06. The second kappa shape index (κ2) is 14.8. The van der Waals surface area contributed by atoms with Crippen molar-refractivity contribution in [2.75, 3.05) is 43.0 Å². The lowest BCUT2D eigenvalue weighted by Crippen LogP contribution is -2.31. The number of nitrogens with one attached hydrogen (secondary N) is 2. The zero-order valence-corrected chi connectivity index (χ0v) is 25.9. The summed E-state index contributed by atoms with van der Waals surface area (Å²) in [6.45, 7) is 5.17. The summed E-state index contributed by atoms with van der Waals surface area (Å²) in [6.07, 6.45) is 12.6. The van der Waals surface area contributed by atoms with E-state index in [0.717, 1.165) is 58.1 Å². The van der Waals surface area contributed by atoms with Crippen LogP contribution in [0.4, 0.5) is 11.4 Å². The topological polar surface area (TPSA) is 119 Å². The van der Waals surface area contributed by atoms with Gasteiger partial charge in [-0.3, -0.25) is 9.78 Å². The van der Waals surface area contributed by atoms with Crippen molar-refractivity contribution >= 4 is 34.6 Å². The first-order chi connectivity index (χ1) is 22.2. The minimum Gasteiger partial charge on any atom is -0.494 e. The van der Waals surface area contributed by atoms with E-state index in [0.29, 0.717) is 30.7 Å². The SMILES string of the molecule is N#C/N=C(\NCc1cnc(C(=O)N2CCc3c(-c4cccc(OCCCN5CCCCC5)c4)cccc32)s1)Nc1ccncc1. The van der Waals surface area contributed by atoms with Gasteiger partial charge in [0.2, 0.25) is 12.2 Å². The first kappa shape index (κ1) is 30.2. The maximum atomic E-state index is 13.6. The summed E-state index contributed by atoms with van der Waals surface area (Å²) in [5.41, 5.74) is 5.04. The molecular formula is C34H36N8O2S. The number of carbonyl (C=O) groups is 1. The lowest BCUT2D eigenvalue weighted by Gasteiger charge is -2.26. The molecule has 6 rings (SSSR count). The molecule has 4 heterocycles. The van der Waals surface area contributed by atoms with Crippen molar-refractivity contribution in [3.63, 3.8) is 0 Å². The van der Waals surface area contributed by atoms with Crippen molar-refractivity contribution in [2.45, 2.75) is 38.6 Å². The van der Waals surface area contributed by atoms with E-state index in [2.05, 4.69) is 48.7 Å². The van der Waals surface area contributed by atoms with E-state index in [9.17, 15) is 4.79 Å². The van der Waals surface area contributed by atoms with Crippen molar-refractivity contribution in [3.05, 3.63) is 88.6 Å². The van der Waals surface area contributed by atoms with Gasteiger partial charge in [-0.25, -0.2) is 4.98 Å². The fourth-order valence-corrected chi connectivity index (χ4v) is 6.64. The van der Waals surface area contributed by atoms with Gasteiger partial charge in [-0.05, 0) is 85.8 Å². The van der Waals surface area contributed by atoms with Gasteiger partial charge < -0.3 is 25.2 Å². The molecule has 0 saturated carbocycles. The summed E-state index contributed by atoms with van der Waals surface area (Å²) in [5, 5.41) is 15.7. The van der Waals surface area contributed by atoms with Crippen LogP contribution in [-0.2, 0) is 13.0 Å². The van der Waals surface area contributed by atoms with Gasteiger partial charge in [0.15, 0.2) is 5.01 Å². The number of fused-ring (bicyclic) bond motifs is 1. The molecule has 11 heteroatoms. The number of anilines is 2. The summed E-state index contributed by atoms with van der Waals surface area (Å²) in [7, 11) is 0. The highest BCUT2D eigenvalue weighted by molar-refractivity contribution is 7.13. The third kappa shape index (κ3) is 7.66. The molecular weight excluding hydrogens is 584 g/mol. The average molecular weight is 621 g/mol. The van der Waals surface area contributed by atoms with Crippen LogP contribution in [0.2, 0.25) is 0 Å². The van der Waals surface area contributed by atoms with E-state index in [1.807, 2.05) is 29.2 Å². The molecule has 1 saturated heterocycles. The van der Waals surface area contributed by atoms with Gasteiger partial charge in [0.25, 0.3) is 5.91 Å². The normalized spacial score (nSPS) is 14.9. The lowest BCUT2D eigenvalue weighted by atomic mass is 9.98. The van der Waals surface area contributed by atoms with Crippen molar-refractivity contribution in [1.29, 1.82) is 5.26 Å². The fraction of sp³-hybridized carbons (Fsp3) is 0.324. The van der Waals surface area contributed by atoms with Crippen molar-refractivity contribution in [2.24, 2.45) is 4.99 Å². The van der Waals surface area contributed by atoms with Crippen molar-refractivity contribution < 1.29 is 9.53 Å². The minimum atomic E-state index is -0.117. The molecule has 2 N–H and O–H groups in total. The number of likely N-dealkylation sites (tertiary alicyclic amines) is 1. The van der Waals surface area contributed by atoms with Crippen LogP contribution in [0, 0.1) is 11.5 Å². The molecule has 0 atom stereocenters. The van der Waals surface area contributed by atoms with Crippen LogP contribution < -0.4 is 20.3 Å². The van der Waals surface area contributed by atoms with Crippen LogP contribution in [0.1, 0.15) is 45.9 Å². The monoisotopic (exact) mass is 620 g/mol. The Morgan fingerprint density at radius 1 is 1.07 bits per heavy atom. The summed E-state index contributed by atoms with van der Waals surface area (Å²) < 4.78 is 6.14. The Labute approximate surface area is 267 Å². The number of amides is 1. The number of rotatable bonds is 10. The van der Waals surface area contributed by atoms with Gasteiger partial charge in [0.1, 0.15) is 5.75 Å². The van der Waals surface area contributed by atoms with Crippen LogP contribution in [0.3, 0.4) is 0 Å². The Balaban J connectivity index is 1.08. The number of hydrogen-bond acceptors (Lipinski definition) is 8. The fourth-order valence-electron chi connectivity index (χ4n) is 5.84. The predicted molar refractivity (Wildman–Crippen MR) is 178 cm³/mol. The van der Waals surface area contributed by atoms with Crippen LogP contribution >= 0.6 is 11.3 Å². The van der Waals surface area contributed by atoms with Gasteiger partial charge in [-0.2, -0.15) is 5.26 Å². The molecule has 0 bridgehead atoms. The number of guanidine groups is 1. The number of carbonyl (C=O) groups excluding carboxylic acids is 1. The zero-order chi connectivity index (χ0) is 30.8. The van der Waals surface area contributed by atoms with Gasteiger partial charge in [0, 0.05) is 47.9 Å². The molecule has 45 heavy (non-hydrogen) atoms. The largest absolute Gasteiger partial charge is 0.494 e. The number of pyridine rings is 1. The lowest BCUT2D eigenvalue weighted by molar-refractivity contribution is 0.0989. The number of ether oxygens (including phenoxy) is 1. The highest BCUT2D eigenvalue weighted by atomic mass is 32.1. The van der Waals surface area contributed by atoms with Gasteiger partial charge >= 0.3 is 0 Å². The van der Waals surface area contributed by atoms with Gasteiger partial charge in [0.05, 0.1) is 13.2 Å². The van der Waals surface area contributed by atoms with E-state index >= 15 is 0 Å². The molecule has 0 unspecified atom stereocenters. The van der Waals surface area contributed by atoms with Crippen LogP contribution in [-0.4, -0.2) is 59.5 Å². The summed E-state index contributed by atoms with van der Waals surface area (Å²) in [6, 6.07) is 18.0.